The van der Waals surface area contributed by atoms with Crippen molar-refractivity contribution in [3.05, 3.63) is 47.7 Å². The molecule has 1 aliphatic heterocycles. The molecule has 3 rings (SSSR count). The minimum Gasteiger partial charge on any atom is -0.475 e. The maximum atomic E-state index is 10.9. The van der Waals surface area contributed by atoms with Crippen molar-refractivity contribution in [2.24, 2.45) is 5.92 Å². The van der Waals surface area contributed by atoms with Crippen LogP contribution in [0, 0.1) is 5.92 Å². The molecule has 4 heteroatoms. The Kier molecular flexibility index (Phi) is 2.78. The maximum Gasteiger partial charge on any atom is 0.371 e. The zero-order chi connectivity index (χ0) is 13.4. The highest BCUT2D eigenvalue weighted by atomic mass is 16.4. The molecule has 1 aromatic carbocycles. The van der Waals surface area contributed by atoms with Gasteiger partial charge in [0.05, 0.1) is 0 Å². The van der Waals surface area contributed by atoms with Gasteiger partial charge >= 0.3 is 5.97 Å². The van der Waals surface area contributed by atoms with Gasteiger partial charge in [-0.1, -0.05) is 25.1 Å². The van der Waals surface area contributed by atoms with Gasteiger partial charge in [0.25, 0.3) is 0 Å². The van der Waals surface area contributed by atoms with Gasteiger partial charge in [0.2, 0.25) is 11.6 Å². The minimum absolute atomic E-state index is 0.0225. The van der Waals surface area contributed by atoms with E-state index in [-0.39, 0.29) is 5.76 Å². The third-order valence-electron chi connectivity index (χ3n) is 3.41. The van der Waals surface area contributed by atoms with Crippen LogP contribution in [0.1, 0.15) is 23.0 Å². The standard InChI is InChI=1S/C15H15NO3/c1-10-8-11-4-2-3-5-12(11)16(9-10)14-7-6-13(19-14)15(17)18/h2-7,10H,8-9H2,1H3,(H,17,18). The van der Waals surface area contributed by atoms with Crippen molar-refractivity contribution in [2.45, 2.75) is 13.3 Å². The van der Waals surface area contributed by atoms with Gasteiger partial charge in [0.1, 0.15) is 0 Å². The predicted molar refractivity (Wildman–Crippen MR) is 72.0 cm³/mol. The number of anilines is 2. The third kappa shape index (κ3) is 2.10. The Balaban J connectivity index is 2.02. The number of nitrogens with zero attached hydrogens (tertiary/aromatic N) is 1. The average molecular weight is 257 g/mol. The van der Waals surface area contributed by atoms with Gasteiger partial charge in [-0.15, -0.1) is 0 Å². The molecule has 1 aromatic heterocycles. The Labute approximate surface area is 111 Å². The molecular weight excluding hydrogens is 242 g/mol. The molecule has 0 aliphatic carbocycles. The molecule has 19 heavy (non-hydrogen) atoms. The molecule has 98 valence electrons. The quantitative estimate of drug-likeness (QED) is 0.896. The first-order chi connectivity index (χ1) is 9.15. The van der Waals surface area contributed by atoms with E-state index in [1.165, 1.54) is 11.6 Å². The number of benzene rings is 1. The van der Waals surface area contributed by atoms with Gasteiger partial charge in [-0.2, -0.15) is 0 Å². The second kappa shape index (κ2) is 4.46. The van der Waals surface area contributed by atoms with E-state index in [9.17, 15) is 4.79 Å². The smallest absolute Gasteiger partial charge is 0.371 e. The number of rotatable bonds is 2. The summed E-state index contributed by atoms with van der Waals surface area (Å²) in [6.07, 6.45) is 1.04. The van der Waals surface area contributed by atoms with Gasteiger partial charge in [-0.3, -0.25) is 0 Å². The van der Waals surface area contributed by atoms with Gasteiger partial charge in [-0.25, -0.2) is 4.79 Å². The number of carbonyl (C=O) groups is 1. The number of fused-ring (bicyclic) bond motifs is 1. The lowest BCUT2D eigenvalue weighted by molar-refractivity contribution is 0.0663. The van der Waals surface area contributed by atoms with Crippen LogP contribution < -0.4 is 4.90 Å². The van der Waals surface area contributed by atoms with Gasteiger partial charge < -0.3 is 14.4 Å². The molecule has 0 saturated carbocycles. The Morgan fingerprint density at radius 2 is 2.11 bits per heavy atom. The van der Waals surface area contributed by atoms with Crippen molar-refractivity contribution in [3.63, 3.8) is 0 Å². The van der Waals surface area contributed by atoms with Crippen molar-refractivity contribution in [1.29, 1.82) is 0 Å². The first-order valence-electron chi connectivity index (χ1n) is 6.33. The average Bonchev–Trinajstić information content (AvgIpc) is 2.87. The highest BCUT2D eigenvalue weighted by Gasteiger charge is 2.25. The first-order valence-corrected chi connectivity index (χ1v) is 6.33. The maximum absolute atomic E-state index is 10.9. The van der Waals surface area contributed by atoms with Crippen molar-refractivity contribution >= 4 is 17.5 Å². The molecule has 1 atom stereocenters. The number of furan rings is 1. The summed E-state index contributed by atoms with van der Waals surface area (Å²) in [5.74, 6) is 0.0416. The topological polar surface area (TPSA) is 53.7 Å². The number of hydrogen-bond donors (Lipinski definition) is 1. The summed E-state index contributed by atoms with van der Waals surface area (Å²) in [4.78, 5) is 12.9. The lowest BCUT2D eigenvalue weighted by atomic mass is 9.94. The van der Waals surface area contributed by atoms with Crippen LogP contribution in [0.3, 0.4) is 0 Å². The summed E-state index contributed by atoms with van der Waals surface area (Å²) in [6.45, 7) is 3.02. The zero-order valence-corrected chi connectivity index (χ0v) is 10.7. The molecule has 1 aliphatic rings. The summed E-state index contributed by atoms with van der Waals surface area (Å²) in [7, 11) is 0. The summed E-state index contributed by atoms with van der Waals surface area (Å²) in [6, 6.07) is 11.4. The summed E-state index contributed by atoms with van der Waals surface area (Å²) in [5, 5.41) is 8.93. The molecule has 0 amide bonds. The zero-order valence-electron chi connectivity index (χ0n) is 10.7. The third-order valence-corrected chi connectivity index (χ3v) is 3.41. The largest absolute Gasteiger partial charge is 0.475 e. The van der Waals surface area contributed by atoms with Crippen molar-refractivity contribution in [2.75, 3.05) is 11.4 Å². The molecule has 0 spiro atoms. The fourth-order valence-electron chi connectivity index (χ4n) is 2.59. The minimum atomic E-state index is -1.04. The molecule has 2 heterocycles. The Hall–Kier alpha value is -2.23. The van der Waals surface area contributed by atoms with Gasteiger partial charge in [0.15, 0.2) is 0 Å². The second-order valence-corrected chi connectivity index (χ2v) is 4.99. The van der Waals surface area contributed by atoms with Crippen LogP contribution in [-0.2, 0) is 6.42 Å². The van der Waals surface area contributed by atoms with Crippen LogP contribution >= 0.6 is 0 Å². The molecule has 2 aromatic rings. The molecule has 0 bridgehead atoms. The number of aromatic carboxylic acids is 1. The lowest BCUT2D eigenvalue weighted by Gasteiger charge is -2.32. The Morgan fingerprint density at radius 3 is 2.84 bits per heavy atom. The fourth-order valence-corrected chi connectivity index (χ4v) is 2.59. The van der Waals surface area contributed by atoms with Crippen molar-refractivity contribution in [1.82, 2.24) is 0 Å². The highest BCUT2D eigenvalue weighted by molar-refractivity contribution is 5.85. The summed E-state index contributed by atoms with van der Waals surface area (Å²) >= 11 is 0. The monoisotopic (exact) mass is 257 g/mol. The summed E-state index contributed by atoms with van der Waals surface area (Å²) < 4.78 is 5.42. The number of carboxylic acid groups (broad SMARTS) is 1. The normalized spacial score (nSPS) is 18.2. The molecule has 0 saturated heterocycles. The van der Waals surface area contributed by atoms with E-state index in [0.29, 0.717) is 11.8 Å². The van der Waals surface area contributed by atoms with E-state index in [1.54, 1.807) is 6.07 Å². The first kappa shape index (κ1) is 11.8. The van der Waals surface area contributed by atoms with E-state index < -0.39 is 5.97 Å². The predicted octanol–water partition coefficient (Wildman–Crippen LogP) is 3.31. The second-order valence-electron chi connectivity index (χ2n) is 4.99. The van der Waals surface area contributed by atoms with E-state index in [4.69, 9.17) is 9.52 Å². The fraction of sp³-hybridized carbons (Fsp3) is 0.267. The molecule has 1 unspecified atom stereocenters. The van der Waals surface area contributed by atoms with Gasteiger partial charge in [0, 0.05) is 18.3 Å². The van der Waals surface area contributed by atoms with Crippen LogP contribution in [0.4, 0.5) is 11.6 Å². The van der Waals surface area contributed by atoms with Crippen LogP contribution in [0.5, 0.6) is 0 Å². The Morgan fingerprint density at radius 1 is 1.32 bits per heavy atom. The van der Waals surface area contributed by atoms with Crippen LogP contribution in [0.25, 0.3) is 0 Å². The van der Waals surface area contributed by atoms with E-state index in [1.807, 2.05) is 18.2 Å². The van der Waals surface area contributed by atoms with Crippen molar-refractivity contribution < 1.29 is 14.3 Å². The van der Waals surface area contributed by atoms with E-state index >= 15 is 0 Å². The van der Waals surface area contributed by atoms with E-state index in [0.717, 1.165) is 18.7 Å². The molecule has 1 N–H and O–H groups in total. The van der Waals surface area contributed by atoms with E-state index in [2.05, 4.69) is 17.9 Å². The molecule has 0 fully saturated rings. The molecular formula is C15H15NO3. The number of para-hydroxylation sites is 1. The lowest BCUT2D eigenvalue weighted by Crippen LogP contribution is -2.30. The molecule has 0 radical (unpaired) electrons. The highest BCUT2D eigenvalue weighted by Crippen LogP contribution is 2.35. The number of carboxylic acids is 1. The summed E-state index contributed by atoms with van der Waals surface area (Å²) in [5.41, 5.74) is 2.38. The van der Waals surface area contributed by atoms with Crippen LogP contribution in [-0.4, -0.2) is 17.6 Å². The Bertz CT molecular complexity index is 617. The number of hydrogen-bond acceptors (Lipinski definition) is 3. The SMILES string of the molecule is CC1Cc2ccccc2N(c2ccc(C(=O)O)o2)C1. The van der Waals surface area contributed by atoms with Crippen LogP contribution in [0.2, 0.25) is 0 Å². The van der Waals surface area contributed by atoms with Gasteiger partial charge in [-0.05, 0) is 30.0 Å². The van der Waals surface area contributed by atoms with Crippen molar-refractivity contribution in [3.8, 4) is 0 Å². The molecule has 4 nitrogen and oxygen atoms in total. The van der Waals surface area contributed by atoms with Crippen LogP contribution in [0.15, 0.2) is 40.8 Å².